The monoisotopic (exact) mass is 446 g/mol. The van der Waals surface area contributed by atoms with E-state index in [4.69, 9.17) is 5.73 Å². The van der Waals surface area contributed by atoms with Crippen LogP contribution in [0.3, 0.4) is 0 Å². The Bertz CT molecular complexity index is 1020. The molecule has 0 atom stereocenters. The van der Waals surface area contributed by atoms with E-state index >= 15 is 0 Å². The molecule has 2 aromatic rings. The second-order valence-electron chi connectivity index (χ2n) is 8.22. The highest BCUT2D eigenvalue weighted by Gasteiger charge is 2.20. The minimum atomic E-state index is -3.31. The van der Waals surface area contributed by atoms with Gasteiger partial charge >= 0.3 is 6.03 Å². The van der Waals surface area contributed by atoms with Crippen molar-refractivity contribution in [3.05, 3.63) is 36.0 Å². The first kappa shape index (κ1) is 23.0. The van der Waals surface area contributed by atoms with Gasteiger partial charge in [-0.1, -0.05) is 0 Å². The minimum Gasteiger partial charge on any atom is -0.384 e. The Hall–Kier alpha value is -2.72. The summed E-state index contributed by atoms with van der Waals surface area (Å²) in [5.74, 6) is 0.358. The number of piperidine rings is 1. The Morgan fingerprint density at radius 2 is 1.84 bits per heavy atom. The third-order valence-electron chi connectivity index (χ3n) is 5.32. The van der Waals surface area contributed by atoms with Gasteiger partial charge in [0.1, 0.15) is 5.82 Å². The van der Waals surface area contributed by atoms with Crippen molar-refractivity contribution in [2.75, 3.05) is 31.2 Å². The van der Waals surface area contributed by atoms with E-state index < -0.39 is 15.1 Å². The first-order valence-corrected chi connectivity index (χ1v) is 12.1. The number of urea groups is 1. The number of rotatable bonds is 6. The Balaban J connectivity index is 1.66. The predicted octanol–water partition coefficient (Wildman–Crippen LogP) is 2.26. The lowest BCUT2D eigenvalue weighted by molar-refractivity contribution is 0.221. The molecular weight excluding hydrogens is 416 g/mol. The highest BCUT2D eigenvalue weighted by atomic mass is 32.2. The van der Waals surface area contributed by atoms with E-state index in [-0.39, 0.29) is 23.6 Å². The number of benzene rings is 1. The van der Waals surface area contributed by atoms with E-state index in [1.165, 1.54) is 6.07 Å². The number of nitrogen functional groups attached to an aromatic ring is 1. The van der Waals surface area contributed by atoms with E-state index in [1.54, 1.807) is 38.1 Å². The Morgan fingerprint density at radius 3 is 2.45 bits per heavy atom. The van der Waals surface area contributed by atoms with Gasteiger partial charge in [-0.05, 0) is 71.1 Å². The van der Waals surface area contributed by atoms with Gasteiger partial charge in [-0.15, -0.1) is 0 Å². The lowest BCUT2D eigenvalue weighted by Crippen LogP contribution is -2.44. The number of hydrogen-bond donors (Lipinski definition) is 3. The summed E-state index contributed by atoms with van der Waals surface area (Å²) in [6, 6.07) is 8.45. The maximum absolute atomic E-state index is 12.3. The number of sulfone groups is 1. The Morgan fingerprint density at radius 1 is 1.19 bits per heavy atom. The number of aromatic nitrogens is 2. The molecule has 0 spiro atoms. The van der Waals surface area contributed by atoms with Crippen LogP contribution in [0.1, 0.15) is 32.4 Å². The lowest BCUT2D eigenvalue weighted by atomic mass is 10.1. The maximum atomic E-state index is 12.3. The van der Waals surface area contributed by atoms with Crippen LogP contribution >= 0.6 is 0 Å². The fourth-order valence-electron chi connectivity index (χ4n) is 3.30. The molecule has 2 amide bonds. The number of nitrogens with one attached hydrogen (secondary N) is 2. The first-order chi connectivity index (χ1) is 14.6. The molecule has 1 aliphatic rings. The first-order valence-electron chi connectivity index (χ1n) is 10.3. The van der Waals surface area contributed by atoms with Crippen LogP contribution in [0.2, 0.25) is 0 Å². The summed E-state index contributed by atoms with van der Waals surface area (Å²) < 4.78 is 24.4. The maximum Gasteiger partial charge on any atom is 0.319 e. The molecule has 1 aromatic heterocycles. The van der Waals surface area contributed by atoms with Crippen LogP contribution in [-0.4, -0.2) is 60.7 Å². The predicted molar refractivity (Wildman–Crippen MR) is 122 cm³/mol. The standard InChI is InChI=1S/C21H30N6O3S/c1-14(2)31(29,30)13-18-12-19(22)26-20(23-18)15-4-6-16(7-5-15)24-21(28)25-17-8-10-27(3)11-9-17/h4-7,12,14,17H,8-11,13H2,1-3H3,(H2,22,23,26)(H2,24,25,28). The van der Waals surface area contributed by atoms with Crippen LogP contribution in [0, 0.1) is 0 Å². The molecule has 1 fully saturated rings. The zero-order valence-corrected chi connectivity index (χ0v) is 18.9. The van der Waals surface area contributed by atoms with Crippen molar-refractivity contribution in [1.82, 2.24) is 20.2 Å². The van der Waals surface area contributed by atoms with Gasteiger partial charge in [0.15, 0.2) is 15.7 Å². The average Bonchev–Trinajstić information content (AvgIpc) is 2.69. The number of carbonyl (C=O) groups excluding carboxylic acids is 1. The number of amides is 2. The molecule has 0 radical (unpaired) electrons. The topological polar surface area (TPSA) is 130 Å². The van der Waals surface area contributed by atoms with Gasteiger partial charge in [0.25, 0.3) is 0 Å². The van der Waals surface area contributed by atoms with Gasteiger partial charge in [-0.2, -0.15) is 0 Å². The van der Waals surface area contributed by atoms with E-state index in [2.05, 4.69) is 32.5 Å². The van der Waals surface area contributed by atoms with Gasteiger partial charge in [0.05, 0.1) is 16.7 Å². The second kappa shape index (κ2) is 9.61. The molecule has 0 aliphatic carbocycles. The second-order valence-corrected chi connectivity index (χ2v) is 10.8. The van der Waals surface area contributed by atoms with Gasteiger partial charge in [0.2, 0.25) is 0 Å². The van der Waals surface area contributed by atoms with Gasteiger partial charge in [-0.3, -0.25) is 0 Å². The van der Waals surface area contributed by atoms with Crippen molar-refractivity contribution in [2.24, 2.45) is 0 Å². The summed E-state index contributed by atoms with van der Waals surface area (Å²) in [5.41, 5.74) is 7.55. The van der Waals surface area contributed by atoms with Gasteiger partial charge < -0.3 is 21.3 Å². The van der Waals surface area contributed by atoms with E-state index in [0.717, 1.165) is 25.9 Å². The normalized spacial score (nSPS) is 15.7. The molecule has 1 aliphatic heterocycles. The van der Waals surface area contributed by atoms with Crippen molar-refractivity contribution in [2.45, 2.75) is 43.7 Å². The van der Waals surface area contributed by atoms with Crippen molar-refractivity contribution in [3.63, 3.8) is 0 Å². The Kier molecular flexibility index (Phi) is 7.11. The van der Waals surface area contributed by atoms with Gasteiger partial charge in [0, 0.05) is 23.4 Å². The van der Waals surface area contributed by atoms with Crippen LogP contribution in [-0.2, 0) is 15.6 Å². The fraction of sp³-hybridized carbons (Fsp3) is 0.476. The molecule has 0 saturated carbocycles. The molecule has 31 heavy (non-hydrogen) atoms. The molecular formula is C21H30N6O3S. The molecule has 168 valence electrons. The SMILES string of the molecule is CC(C)S(=O)(=O)Cc1cc(N)nc(-c2ccc(NC(=O)NC3CCN(C)CC3)cc2)n1. The quantitative estimate of drug-likeness (QED) is 0.620. The number of nitrogens with two attached hydrogens (primary N) is 1. The van der Waals surface area contributed by atoms with Crippen molar-refractivity contribution >= 4 is 27.4 Å². The van der Waals surface area contributed by atoms with Crippen LogP contribution in [0.5, 0.6) is 0 Å². The van der Waals surface area contributed by atoms with Crippen LogP contribution in [0.15, 0.2) is 30.3 Å². The smallest absolute Gasteiger partial charge is 0.319 e. The molecule has 3 rings (SSSR count). The zero-order valence-electron chi connectivity index (χ0n) is 18.1. The third kappa shape index (κ3) is 6.38. The summed E-state index contributed by atoms with van der Waals surface area (Å²) >= 11 is 0. The number of likely N-dealkylation sites (tertiary alicyclic amines) is 1. The molecule has 10 heteroatoms. The van der Waals surface area contributed by atoms with Crippen LogP contribution in [0.25, 0.3) is 11.4 Å². The number of nitrogens with zero attached hydrogens (tertiary/aromatic N) is 3. The van der Waals surface area contributed by atoms with E-state index in [1.807, 2.05) is 0 Å². The average molecular weight is 447 g/mol. The van der Waals surface area contributed by atoms with Crippen LogP contribution < -0.4 is 16.4 Å². The highest BCUT2D eigenvalue weighted by molar-refractivity contribution is 7.91. The van der Waals surface area contributed by atoms with Crippen molar-refractivity contribution in [3.8, 4) is 11.4 Å². The lowest BCUT2D eigenvalue weighted by Gasteiger charge is -2.29. The molecule has 1 aromatic carbocycles. The molecule has 0 unspecified atom stereocenters. The summed E-state index contributed by atoms with van der Waals surface area (Å²) in [6.07, 6.45) is 1.87. The van der Waals surface area contributed by atoms with E-state index in [0.29, 0.717) is 22.8 Å². The van der Waals surface area contributed by atoms with Crippen molar-refractivity contribution in [1.29, 1.82) is 0 Å². The van der Waals surface area contributed by atoms with Crippen molar-refractivity contribution < 1.29 is 13.2 Å². The summed E-state index contributed by atoms with van der Waals surface area (Å²) in [6.45, 7) is 5.21. The van der Waals surface area contributed by atoms with Gasteiger partial charge in [-0.25, -0.2) is 23.2 Å². The minimum absolute atomic E-state index is 0.178. The molecule has 4 N–H and O–H groups in total. The van der Waals surface area contributed by atoms with Crippen LogP contribution in [0.4, 0.5) is 16.3 Å². The highest BCUT2D eigenvalue weighted by Crippen LogP contribution is 2.21. The Labute approximate surface area is 183 Å². The molecule has 2 heterocycles. The largest absolute Gasteiger partial charge is 0.384 e. The fourth-order valence-corrected chi connectivity index (χ4v) is 4.20. The van der Waals surface area contributed by atoms with E-state index in [9.17, 15) is 13.2 Å². The zero-order chi connectivity index (χ0) is 22.6. The summed E-state index contributed by atoms with van der Waals surface area (Å²) in [4.78, 5) is 23.1. The molecule has 0 bridgehead atoms. The summed E-state index contributed by atoms with van der Waals surface area (Å²) in [7, 11) is -1.23. The number of carbonyl (C=O) groups is 1. The molecule has 1 saturated heterocycles. The number of anilines is 2. The summed E-state index contributed by atoms with van der Waals surface area (Å²) in [5, 5.41) is 5.34. The number of hydrogen-bond acceptors (Lipinski definition) is 7. The third-order valence-corrected chi connectivity index (χ3v) is 7.46. The molecule has 9 nitrogen and oxygen atoms in total.